The molecule has 0 radical (unpaired) electrons. The molecule has 0 unspecified atom stereocenters. The molecule has 10 heteroatoms. The molecule has 172 valence electrons. The molecule has 5 rings (SSSR count). The van der Waals surface area contributed by atoms with Gasteiger partial charge in [-0.15, -0.1) is 5.10 Å². The van der Waals surface area contributed by atoms with E-state index in [0.717, 1.165) is 40.3 Å². The van der Waals surface area contributed by atoms with Crippen LogP contribution in [0.2, 0.25) is 0 Å². The Balaban J connectivity index is 1.39. The summed E-state index contributed by atoms with van der Waals surface area (Å²) >= 11 is 1.58. The molecule has 0 bridgehead atoms. The van der Waals surface area contributed by atoms with Crippen LogP contribution in [0.4, 0.5) is 10.9 Å². The average Bonchev–Trinajstić information content (AvgIpc) is 3.49. The number of benzene rings is 1. The zero-order valence-corrected chi connectivity index (χ0v) is 20.1. The zero-order chi connectivity index (χ0) is 23.2. The van der Waals surface area contributed by atoms with Gasteiger partial charge in [0.25, 0.3) is 5.91 Å². The number of nitrogens with zero attached hydrogens (tertiary/aromatic N) is 7. The van der Waals surface area contributed by atoms with Gasteiger partial charge in [0.2, 0.25) is 10.1 Å². The second kappa shape index (κ2) is 8.18. The summed E-state index contributed by atoms with van der Waals surface area (Å²) in [5.74, 6) is 0.920. The summed E-state index contributed by atoms with van der Waals surface area (Å²) in [6.07, 6.45) is 1.65. The molecule has 1 aromatic carbocycles. The van der Waals surface area contributed by atoms with Crippen LogP contribution < -0.4 is 10.2 Å². The highest BCUT2D eigenvalue weighted by Gasteiger charge is 2.27. The molecule has 3 aromatic heterocycles. The Labute approximate surface area is 196 Å². The maximum absolute atomic E-state index is 12.8. The summed E-state index contributed by atoms with van der Waals surface area (Å²) in [7, 11) is 1.79. The number of hydrogen-bond acceptors (Lipinski definition) is 7. The highest BCUT2D eigenvalue weighted by Crippen LogP contribution is 2.35. The second-order valence-corrected chi connectivity index (χ2v) is 10.2. The van der Waals surface area contributed by atoms with Crippen LogP contribution in [0.3, 0.4) is 0 Å². The smallest absolute Gasteiger partial charge is 0.272 e. The number of anilines is 2. The molecule has 9 nitrogen and oxygen atoms in total. The molecule has 0 aliphatic carbocycles. The van der Waals surface area contributed by atoms with E-state index in [1.165, 1.54) is 0 Å². The van der Waals surface area contributed by atoms with Crippen LogP contribution in [0.15, 0.2) is 42.6 Å². The highest BCUT2D eigenvalue weighted by molar-refractivity contribution is 7.20. The lowest BCUT2D eigenvalue weighted by molar-refractivity contribution is 0.0735. The summed E-state index contributed by atoms with van der Waals surface area (Å²) in [5.41, 5.74) is 2.44. The van der Waals surface area contributed by atoms with Crippen molar-refractivity contribution in [3.8, 4) is 11.3 Å². The van der Waals surface area contributed by atoms with Gasteiger partial charge in [0.05, 0.1) is 0 Å². The number of aromatic nitrogens is 5. The van der Waals surface area contributed by atoms with Crippen molar-refractivity contribution in [2.75, 3.05) is 36.4 Å². The molecule has 1 saturated heterocycles. The van der Waals surface area contributed by atoms with E-state index >= 15 is 0 Å². The first-order valence-corrected chi connectivity index (χ1v) is 11.9. The fraction of sp³-hybridized carbons (Fsp3) is 0.391. The normalized spacial score (nSPS) is 14.8. The Hall–Kier alpha value is -3.40. The number of nitrogens with one attached hydrogen (secondary N) is 1. The van der Waals surface area contributed by atoms with E-state index in [4.69, 9.17) is 10.1 Å². The largest absolute Gasteiger partial charge is 0.364 e. The van der Waals surface area contributed by atoms with Crippen LogP contribution in [0, 0.1) is 0 Å². The fourth-order valence-corrected chi connectivity index (χ4v) is 4.93. The first-order chi connectivity index (χ1) is 15.8. The molecule has 1 N–H and O–H groups in total. The van der Waals surface area contributed by atoms with Gasteiger partial charge < -0.3 is 15.1 Å². The number of amides is 1. The molecule has 0 atom stereocenters. The lowest BCUT2D eigenvalue weighted by atomic mass is 10.1. The van der Waals surface area contributed by atoms with E-state index in [0.29, 0.717) is 18.8 Å². The van der Waals surface area contributed by atoms with Crippen molar-refractivity contribution in [1.82, 2.24) is 29.3 Å². The van der Waals surface area contributed by atoms with Gasteiger partial charge in [0.1, 0.15) is 11.4 Å². The summed E-state index contributed by atoms with van der Waals surface area (Å²) in [5, 5.41) is 13.5. The van der Waals surface area contributed by atoms with Crippen LogP contribution in [0.1, 0.15) is 31.3 Å². The Morgan fingerprint density at radius 1 is 1.06 bits per heavy atom. The molecule has 33 heavy (non-hydrogen) atoms. The molecule has 1 aliphatic heterocycles. The number of aryl methyl sites for hydroxylation is 1. The van der Waals surface area contributed by atoms with Gasteiger partial charge in [0.15, 0.2) is 5.82 Å². The first-order valence-electron chi connectivity index (χ1n) is 11.1. The number of fused-ring (bicyclic) bond motifs is 1. The summed E-state index contributed by atoms with van der Waals surface area (Å²) < 4.78 is 3.54. The molecule has 1 aliphatic rings. The number of carbonyl (C=O) groups is 1. The molecule has 0 saturated carbocycles. The predicted octanol–water partition coefficient (Wildman–Crippen LogP) is 3.36. The van der Waals surface area contributed by atoms with Crippen molar-refractivity contribution in [1.29, 1.82) is 0 Å². The number of carbonyl (C=O) groups excluding carboxylic acids is 1. The van der Waals surface area contributed by atoms with E-state index < -0.39 is 0 Å². The number of imidazole rings is 1. The minimum atomic E-state index is -0.138. The van der Waals surface area contributed by atoms with Crippen molar-refractivity contribution >= 4 is 33.2 Å². The number of hydrogen-bond donors (Lipinski definition) is 1. The Bertz CT molecular complexity index is 1280. The second-order valence-electron chi connectivity index (χ2n) is 9.25. The van der Waals surface area contributed by atoms with Crippen molar-refractivity contribution in [2.24, 2.45) is 7.05 Å². The first kappa shape index (κ1) is 21.4. The van der Waals surface area contributed by atoms with Crippen molar-refractivity contribution < 1.29 is 4.79 Å². The van der Waals surface area contributed by atoms with E-state index in [2.05, 4.69) is 48.2 Å². The van der Waals surface area contributed by atoms with Gasteiger partial charge in [-0.1, -0.05) is 41.7 Å². The Kier molecular flexibility index (Phi) is 5.32. The zero-order valence-electron chi connectivity index (χ0n) is 19.3. The topological polar surface area (TPSA) is 83.6 Å². The molecule has 1 amide bonds. The van der Waals surface area contributed by atoms with Gasteiger partial charge in [-0.2, -0.15) is 9.61 Å². The van der Waals surface area contributed by atoms with E-state index in [-0.39, 0.29) is 11.4 Å². The molecule has 0 spiro atoms. The Morgan fingerprint density at radius 2 is 1.79 bits per heavy atom. The van der Waals surface area contributed by atoms with Gasteiger partial charge in [-0.3, -0.25) is 9.48 Å². The minimum Gasteiger partial charge on any atom is -0.364 e. The van der Waals surface area contributed by atoms with E-state index in [1.807, 2.05) is 27.6 Å². The van der Waals surface area contributed by atoms with Crippen molar-refractivity contribution in [3.63, 3.8) is 0 Å². The minimum absolute atomic E-state index is 0.0211. The third-order valence-electron chi connectivity index (χ3n) is 5.61. The molecular weight excluding hydrogens is 436 g/mol. The summed E-state index contributed by atoms with van der Waals surface area (Å²) in [4.78, 5) is 22.7. The van der Waals surface area contributed by atoms with Crippen molar-refractivity contribution in [2.45, 2.75) is 26.3 Å². The van der Waals surface area contributed by atoms with Crippen LogP contribution in [0.25, 0.3) is 16.2 Å². The number of rotatable bonds is 4. The molecule has 4 heterocycles. The van der Waals surface area contributed by atoms with Gasteiger partial charge in [-0.05, 0) is 26.8 Å². The summed E-state index contributed by atoms with van der Waals surface area (Å²) in [6.45, 7) is 9.15. The van der Waals surface area contributed by atoms with Gasteiger partial charge in [-0.25, -0.2) is 4.98 Å². The SMILES string of the molecule is Cn1nccc1C(=O)N1CCN(c2nn3c(NC(C)(C)C)c(-c4ccccc4)nc3s2)CC1. The maximum Gasteiger partial charge on any atom is 0.272 e. The van der Waals surface area contributed by atoms with Gasteiger partial charge in [0, 0.05) is 50.5 Å². The number of piperazine rings is 1. The quantitative estimate of drug-likeness (QED) is 0.499. The molecular formula is C23H28N8OS. The van der Waals surface area contributed by atoms with Crippen LogP contribution in [0.5, 0.6) is 0 Å². The van der Waals surface area contributed by atoms with E-state index in [9.17, 15) is 4.79 Å². The monoisotopic (exact) mass is 464 g/mol. The third kappa shape index (κ3) is 4.18. The van der Waals surface area contributed by atoms with Crippen LogP contribution in [-0.4, -0.2) is 66.9 Å². The standard InChI is InChI=1S/C23H28N8OS/c1-23(2,3)26-19-18(16-8-6-5-7-9-16)25-21-31(19)27-22(33-21)30-14-12-29(13-15-30)20(32)17-10-11-24-28(17)4/h5-11,26H,12-15H2,1-4H3. The molecule has 4 aromatic rings. The maximum atomic E-state index is 12.8. The van der Waals surface area contributed by atoms with Crippen molar-refractivity contribution in [3.05, 3.63) is 48.3 Å². The highest BCUT2D eigenvalue weighted by atomic mass is 32.1. The predicted molar refractivity (Wildman–Crippen MR) is 131 cm³/mol. The van der Waals surface area contributed by atoms with E-state index in [1.54, 1.807) is 35.3 Å². The lowest BCUT2D eigenvalue weighted by Gasteiger charge is -2.34. The Morgan fingerprint density at radius 3 is 2.42 bits per heavy atom. The molecule has 1 fully saturated rings. The summed E-state index contributed by atoms with van der Waals surface area (Å²) in [6, 6.07) is 12.0. The van der Waals surface area contributed by atoms with Crippen LogP contribution in [-0.2, 0) is 7.05 Å². The van der Waals surface area contributed by atoms with Crippen LogP contribution >= 0.6 is 11.3 Å². The van der Waals surface area contributed by atoms with Gasteiger partial charge >= 0.3 is 0 Å². The fourth-order valence-electron chi connectivity index (χ4n) is 3.98. The average molecular weight is 465 g/mol. The lowest BCUT2D eigenvalue weighted by Crippen LogP contribution is -2.49. The third-order valence-corrected chi connectivity index (χ3v) is 6.58.